The number of likely N-dealkylation sites (tertiary alicyclic amines) is 1. The molecule has 0 spiro atoms. The van der Waals surface area contributed by atoms with Gasteiger partial charge in [-0.3, -0.25) is 14.5 Å². The molecule has 2 fully saturated rings. The standard InChI is InChI=1S/C28H31FN4O4S/c1-28(2,3)37-27(36)33-19-8-7-17(9-19)25(33)26(35)31-18(13-30)12-22-24(29)20(14-38-22)15-5-6-16-11-23(34)32(4)21(16)10-15/h5-6,10,14,17-19,25H,7-9,11-12H2,1-4H3,(H,31,35)/t17-,18?,19+,25?/m0/s1. The summed E-state index contributed by atoms with van der Waals surface area (Å²) >= 11 is 1.19. The summed E-state index contributed by atoms with van der Waals surface area (Å²) in [5.41, 5.74) is 2.03. The Morgan fingerprint density at radius 3 is 2.79 bits per heavy atom. The molecule has 3 aliphatic rings. The van der Waals surface area contributed by atoms with Gasteiger partial charge in [0.15, 0.2) is 0 Å². The number of nitriles is 1. The van der Waals surface area contributed by atoms with Crippen LogP contribution in [0.5, 0.6) is 0 Å². The molecule has 1 aromatic heterocycles. The molecule has 3 heterocycles. The van der Waals surface area contributed by atoms with Crippen molar-refractivity contribution in [3.8, 4) is 17.2 Å². The van der Waals surface area contributed by atoms with Crippen molar-refractivity contribution in [3.05, 3.63) is 39.8 Å². The molecule has 5 rings (SSSR count). The van der Waals surface area contributed by atoms with E-state index in [4.69, 9.17) is 4.74 Å². The van der Waals surface area contributed by atoms with Crippen LogP contribution in [0.3, 0.4) is 0 Å². The number of carbonyl (C=O) groups excluding carboxylic acids is 3. The third kappa shape index (κ3) is 4.75. The van der Waals surface area contributed by atoms with E-state index in [9.17, 15) is 19.6 Å². The van der Waals surface area contributed by atoms with Crippen LogP contribution in [0.15, 0.2) is 23.6 Å². The Labute approximate surface area is 225 Å². The number of carbonyl (C=O) groups is 3. The number of benzene rings is 1. The number of ether oxygens (including phenoxy) is 1. The van der Waals surface area contributed by atoms with Crippen LogP contribution in [0.25, 0.3) is 11.1 Å². The lowest BCUT2D eigenvalue weighted by Gasteiger charge is -2.35. The summed E-state index contributed by atoms with van der Waals surface area (Å²) in [7, 11) is 1.70. The maximum absolute atomic E-state index is 15.5. The van der Waals surface area contributed by atoms with Gasteiger partial charge in [-0.2, -0.15) is 5.26 Å². The molecule has 10 heteroatoms. The van der Waals surface area contributed by atoms with Crippen molar-refractivity contribution >= 4 is 34.9 Å². The average molecular weight is 539 g/mol. The number of rotatable bonds is 5. The summed E-state index contributed by atoms with van der Waals surface area (Å²) in [6.45, 7) is 5.35. The largest absolute Gasteiger partial charge is 0.444 e. The van der Waals surface area contributed by atoms with Crippen LogP contribution in [0.1, 0.15) is 50.5 Å². The quantitative estimate of drug-likeness (QED) is 0.608. The van der Waals surface area contributed by atoms with Gasteiger partial charge in [-0.15, -0.1) is 11.3 Å². The number of hydrogen-bond donors (Lipinski definition) is 1. The second-order valence-electron chi connectivity index (χ2n) is 11.3. The molecule has 1 saturated heterocycles. The van der Waals surface area contributed by atoms with Crippen LogP contribution in [-0.2, 0) is 27.2 Å². The highest BCUT2D eigenvalue weighted by atomic mass is 32.1. The third-order valence-corrected chi connectivity index (χ3v) is 8.58. The first-order valence-electron chi connectivity index (χ1n) is 12.8. The molecule has 2 aliphatic heterocycles. The van der Waals surface area contributed by atoms with Crippen molar-refractivity contribution < 1.29 is 23.5 Å². The zero-order chi connectivity index (χ0) is 27.4. The minimum Gasteiger partial charge on any atom is -0.444 e. The number of amides is 3. The molecule has 4 atom stereocenters. The van der Waals surface area contributed by atoms with E-state index in [1.165, 1.54) is 16.2 Å². The number of thiophene rings is 1. The van der Waals surface area contributed by atoms with Crippen molar-refractivity contribution in [3.63, 3.8) is 0 Å². The minimum absolute atomic E-state index is 0.00282. The van der Waals surface area contributed by atoms with E-state index in [2.05, 4.69) is 11.4 Å². The summed E-state index contributed by atoms with van der Waals surface area (Å²) in [6.07, 6.45) is 2.22. The predicted octanol–water partition coefficient (Wildman–Crippen LogP) is 4.41. The normalized spacial score (nSPS) is 22.8. The number of nitrogens with one attached hydrogen (secondary N) is 1. The lowest BCUT2D eigenvalue weighted by Crippen LogP contribution is -2.55. The summed E-state index contributed by atoms with van der Waals surface area (Å²) in [5, 5.41) is 14.2. The fourth-order valence-corrected chi connectivity index (χ4v) is 6.78. The van der Waals surface area contributed by atoms with Crippen LogP contribution < -0.4 is 10.2 Å². The highest BCUT2D eigenvalue weighted by molar-refractivity contribution is 7.10. The van der Waals surface area contributed by atoms with Gasteiger partial charge in [0.1, 0.15) is 23.5 Å². The molecule has 2 unspecified atom stereocenters. The molecule has 1 aliphatic carbocycles. The van der Waals surface area contributed by atoms with Gasteiger partial charge >= 0.3 is 6.09 Å². The molecule has 2 bridgehead atoms. The van der Waals surface area contributed by atoms with Crippen LogP contribution >= 0.6 is 11.3 Å². The average Bonchev–Trinajstić information content (AvgIpc) is 3.62. The number of hydrogen-bond acceptors (Lipinski definition) is 6. The van der Waals surface area contributed by atoms with Crippen molar-refractivity contribution in [1.82, 2.24) is 10.2 Å². The van der Waals surface area contributed by atoms with E-state index in [1.807, 2.05) is 6.07 Å². The first-order chi connectivity index (χ1) is 18.0. The summed E-state index contributed by atoms with van der Waals surface area (Å²) < 4.78 is 21.0. The topological polar surface area (TPSA) is 103 Å². The smallest absolute Gasteiger partial charge is 0.411 e. The molecular formula is C28H31FN4O4S. The zero-order valence-electron chi connectivity index (χ0n) is 21.9. The zero-order valence-corrected chi connectivity index (χ0v) is 22.7. The highest BCUT2D eigenvalue weighted by Crippen LogP contribution is 2.43. The van der Waals surface area contributed by atoms with E-state index in [0.29, 0.717) is 22.4 Å². The number of likely N-dealkylation sites (N-methyl/N-ethyl adjacent to an activating group) is 1. The fourth-order valence-electron chi connectivity index (χ4n) is 5.80. The molecule has 0 radical (unpaired) electrons. The van der Waals surface area contributed by atoms with Crippen LogP contribution in [-0.4, -0.2) is 53.6 Å². The lowest BCUT2D eigenvalue weighted by molar-refractivity contribution is -0.128. The molecule has 3 amide bonds. The van der Waals surface area contributed by atoms with Gasteiger partial charge in [0, 0.05) is 41.0 Å². The summed E-state index contributed by atoms with van der Waals surface area (Å²) in [5.74, 6) is -0.830. The van der Waals surface area contributed by atoms with Gasteiger partial charge < -0.3 is 15.0 Å². The molecule has 200 valence electrons. The Hall–Kier alpha value is -3.45. The van der Waals surface area contributed by atoms with Crippen molar-refractivity contribution in [2.45, 2.75) is 76.6 Å². The van der Waals surface area contributed by atoms with E-state index in [0.717, 1.165) is 30.5 Å². The molecule has 8 nitrogen and oxygen atoms in total. The monoisotopic (exact) mass is 538 g/mol. The number of piperidine rings is 1. The van der Waals surface area contributed by atoms with E-state index in [-0.39, 0.29) is 24.3 Å². The number of fused-ring (bicyclic) bond motifs is 3. The van der Waals surface area contributed by atoms with Gasteiger partial charge in [0.25, 0.3) is 0 Å². The fraction of sp³-hybridized carbons (Fsp3) is 0.500. The number of halogens is 1. The van der Waals surface area contributed by atoms with Crippen LogP contribution in [0.2, 0.25) is 0 Å². The Kier molecular flexibility index (Phi) is 6.68. The number of nitrogens with zero attached hydrogens (tertiary/aromatic N) is 3. The predicted molar refractivity (Wildman–Crippen MR) is 141 cm³/mol. The second-order valence-corrected chi connectivity index (χ2v) is 12.3. The molecule has 38 heavy (non-hydrogen) atoms. The minimum atomic E-state index is -0.952. The van der Waals surface area contributed by atoms with Gasteiger partial charge in [-0.1, -0.05) is 12.1 Å². The van der Waals surface area contributed by atoms with Gasteiger partial charge in [-0.05, 0) is 63.1 Å². The van der Waals surface area contributed by atoms with Gasteiger partial charge in [0.05, 0.1) is 12.5 Å². The lowest BCUT2D eigenvalue weighted by atomic mass is 9.97. The molecule has 1 N–H and O–H groups in total. The van der Waals surface area contributed by atoms with Crippen molar-refractivity contribution in [2.24, 2.45) is 5.92 Å². The first-order valence-corrected chi connectivity index (χ1v) is 13.7. The Morgan fingerprint density at radius 1 is 1.32 bits per heavy atom. The molecule has 1 aromatic carbocycles. The first kappa shape index (κ1) is 26.2. The Morgan fingerprint density at radius 2 is 2.08 bits per heavy atom. The van der Waals surface area contributed by atoms with Crippen molar-refractivity contribution in [2.75, 3.05) is 11.9 Å². The van der Waals surface area contributed by atoms with Gasteiger partial charge in [-0.25, -0.2) is 9.18 Å². The summed E-state index contributed by atoms with van der Waals surface area (Å²) in [6, 6.07) is 5.82. The number of anilines is 1. The van der Waals surface area contributed by atoms with E-state index < -0.39 is 35.5 Å². The molecular weight excluding hydrogens is 507 g/mol. The van der Waals surface area contributed by atoms with Crippen LogP contribution in [0, 0.1) is 23.1 Å². The van der Waals surface area contributed by atoms with Crippen LogP contribution in [0.4, 0.5) is 14.9 Å². The SMILES string of the molecule is CN1C(=O)Cc2ccc(-c3csc(CC(C#N)NC(=O)C4[C@H]5CC[C@H](C5)N4C(=O)OC(C)(C)C)c3F)cc21. The maximum atomic E-state index is 15.5. The van der Waals surface area contributed by atoms with Crippen molar-refractivity contribution in [1.29, 1.82) is 5.26 Å². The van der Waals surface area contributed by atoms with E-state index in [1.54, 1.807) is 50.2 Å². The highest BCUT2D eigenvalue weighted by Gasteiger charge is 2.52. The van der Waals surface area contributed by atoms with E-state index >= 15 is 4.39 Å². The second kappa shape index (κ2) is 9.70. The molecule has 2 aromatic rings. The summed E-state index contributed by atoms with van der Waals surface area (Å²) in [4.78, 5) is 41.7. The Bertz CT molecular complexity index is 1340. The molecule has 1 saturated carbocycles. The third-order valence-electron chi connectivity index (χ3n) is 7.59. The van der Waals surface area contributed by atoms with Gasteiger partial charge in [0.2, 0.25) is 11.8 Å². The Balaban J connectivity index is 1.30. The maximum Gasteiger partial charge on any atom is 0.411 e.